The predicted molar refractivity (Wildman–Crippen MR) is 75.9 cm³/mol. The van der Waals surface area contributed by atoms with Crippen molar-refractivity contribution in [1.82, 2.24) is 10.2 Å². The van der Waals surface area contributed by atoms with Crippen LogP contribution >= 0.6 is 12.2 Å². The second-order valence-electron chi connectivity index (χ2n) is 4.67. The number of likely N-dealkylation sites (tertiary alicyclic amines) is 1. The van der Waals surface area contributed by atoms with Crippen LogP contribution in [-0.4, -0.2) is 22.6 Å². The van der Waals surface area contributed by atoms with Crippen molar-refractivity contribution in [2.45, 2.75) is 38.9 Å². The lowest BCUT2D eigenvalue weighted by Gasteiger charge is -2.36. The second kappa shape index (κ2) is 6.12. The normalized spacial score (nSPS) is 21.1. The van der Waals surface area contributed by atoms with E-state index in [1.54, 1.807) is 0 Å². The zero-order valence-corrected chi connectivity index (χ0v) is 11.2. The zero-order valence-electron chi connectivity index (χ0n) is 10.4. The van der Waals surface area contributed by atoms with E-state index in [-0.39, 0.29) is 0 Å². The van der Waals surface area contributed by atoms with Crippen LogP contribution in [0.5, 0.6) is 0 Å². The van der Waals surface area contributed by atoms with Crippen molar-refractivity contribution in [3.8, 4) is 0 Å². The first-order valence-corrected chi connectivity index (χ1v) is 6.71. The van der Waals surface area contributed by atoms with Crippen molar-refractivity contribution in [2.75, 3.05) is 6.54 Å². The topological polar surface area (TPSA) is 15.3 Å². The fourth-order valence-electron chi connectivity index (χ4n) is 2.40. The molecular weight excluding hydrogens is 228 g/mol. The molecule has 0 bridgehead atoms. The Morgan fingerprint density at radius 2 is 2.12 bits per heavy atom. The minimum atomic E-state index is 0.418. The molecule has 1 aromatic rings. The summed E-state index contributed by atoms with van der Waals surface area (Å²) < 4.78 is 0. The molecule has 17 heavy (non-hydrogen) atoms. The Morgan fingerprint density at radius 3 is 2.82 bits per heavy atom. The van der Waals surface area contributed by atoms with E-state index >= 15 is 0 Å². The molecule has 92 valence electrons. The summed E-state index contributed by atoms with van der Waals surface area (Å²) >= 11 is 5.16. The SMILES string of the molecule is CC(=S)NC1CCCCN1Cc1ccccc1. The minimum Gasteiger partial charge on any atom is -0.364 e. The van der Waals surface area contributed by atoms with E-state index in [9.17, 15) is 0 Å². The summed E-state index contributed by atoms with van der Waals surface area (Å²) in [4.78, 5) is 3.39. The maximum atomic E-state index is 5.16. The molecule has 0 saturated carbocycles. The van der Waals surface area contributed by atoms with Gasteiger partial charge in [0.15, 0.2) is 0 Å². The first-order chi connectivity index (χ1) is 8.25. The van der Waals surface area contributed by atoms with Crippen LogP contribution in [0.3, 0.4) is 0 Å². The maximum absolute atomic E-state index is 5.16. The Morgan fingerprint density at radius 1 is 1.35 bits per heavy atom. The molecule has 1 fully saturated rings. The van der Waals surface area contributed by atoms with E-state index in [1.807, 2.05) is 6.92 Å². The van der Waals surface area contributed by atoms with Crippen LogP contribution < -0.4 is 5.32 Å². The number of benzene rings is 1. The molecular formula is C14H20N2S. The summed E-state index contributed by atoms with van der Waals surface area (Å²) in [7, 11) is 0. The van der Waals surface area contributed by atoms with Gasteiger partial charge in [-0.2, -0.15) is 0 Å². The summed E-state index contributed by atoms with van der Waals surface area (Å²) in [6.45, 7) is 4.14. The Kier molecular flexibility index (Phi) is 4.51. The lowest BCUT2D eigenvalue weighted by Crippen LogP contribution is -2.49. The average Bonchev–Trinajstić information content (AvgIpc) is 2.32. The minimum absolute atomic E-state index is 0.418. The standard InChI is InChI=1S/C14H20N2S/c1-12(17)15-14-9-5-6-10-16(14)11-13-7-3-2-4-8-13/h2-4,7-8,14H,5-6,9-11H2,1H3,(H,15,17). The zero-order chi connectivity index (χ0) is 12.1. The molecule has 1 atom stereocenters. The van der Waals surface area contributed by atoms with Gasteiger partial charge in [0.25, 0.3) is 0 Å². The second-order valence-corrected chi connectivity index (χ2v) is 5.28. The number of nitrogens with zero attached hydrogens (tertiary/aromatic N) is 1. The number of rotatable bonds is 3. The van der Waals surface area contributed by atoms with Crippen molar-refractivity contribution in [1.29, 1.82) is 0 Å². The Labute approximate surface area is 109 Å². The Bertz CT molecular complexity index is 364. The molecule has 0 radical (unpaired) electrons. The number of hydrogen-bond acceptors (Lipinski definition) is 2. The molecule has 1 aliphatic rings. The van der Waals surface area contributed by atoms with Crippen molar-refractivity contribution in [3.05, 3.63) is 35.9 Å². The van der Waals surface area contributed by atoms with Gasteiger partial charge >= 0.3 is 0 Å². The van der Waals surface area contributed by atoms with Crippen LogP contribution in [0.25, 0.3) is 0 Å². The lowest BCUT2D eigenvalue weighted by molar-refractivity contribution is 0.129. The molecule has 0 spiro atoms. The van der Waals surface area contributed by atoms with Gasteiger partial charge in [0.2, 0.25) is 0 Å². The molecule has 1 unspecified atom stereocenters. The molecule has 0 amide bonds. The van der Waals surface area contributed by atoms with Crippen LogP contribution in [0.1, 0.15) is 31.7 Å². The number of thiocarbonyl (C=S) groups is 1. The monoisotopic (exact) mass is 248 g/mol. The highest BCUT2D eigenvalue weighted by molar-refractivity contribution is 7.80. The molecule has 2 nitrogen and oxygen atoms in total. The van der Waals surface area contributed by atoms with Gasteiger partial charge < -0.3 is 5.32 Å². The van der Waals surface area contributed by atoms with Crippen LogP contribution in [0.2, 0.25) is 0 Å². The van der Waals surface area contributed by atoms with E-state index in [0.29, 0.717) is 6.17 Å². The molecule has 3 heteroatoms. The van der Waals surface area contributed by atoms with Crippen LogP contribution in [0, 0.1) is 0 Å². The van der Waals surface area contributed by atoms with Gasteiger partial charge in [-0.15, -0.1) is 0 Å². The van der Waals surface area contributed by atoms with Crippen LogP contribution in [-0.2, 0) is 6.54 Å². The highest BCUT2D eigenvalue weighted by Crippen LogP contribution is 2.17. The molecule has 1 heterocycles. The molecule has 1 N–H and O–H groups in total. The van der Waals surface area contributed by atoms with Gasteiger partial charge in [-0.05, 0) is 31.7 Å². The first kappa shape index (κ1) is 12.5. The third-order valence-corrected chi connectivity index (χ3v) is 3.33. The summed E-state index contributed by atoms with van der Waals surface area (Å²) in [5.41, 5.74) is 1.38. The van der Waals surface area contributed by atoms with Crippen molar-refractivity contribution in [3.63, 3.8) is 0 Å². The van der Waals surface area contributed by atoms with Crippen LogP contribution in [0.4, 0.5) is 0 Å². The quantitative estimate of drug-likeness (QED) is 0.828. The van der Waals surface area contributed by atoms with Gasteiger partial charge in [-0.1, -0.05) is 42.5 Å². The summed E-state index contributed by atoms with van der Waals surface area (Å²) in [5.74, 6) is 0. The van der Waals surface area contributed by atoms with E-state index in [0.717, 1.165) is 18.1 Å². The van der Waals surface area contributed by atoms with Crippen molar-refractivity contribution >= 4 is 17.2 Å². The van der Waals surface area contributed by atoms with Gasteiger partial charge in [-0.3, -0.25) is 4.90 Å². The Hall–Kier alpha value is -0.930. The fraction of sp³-hybridized carbons (Fsp3) is 0.500. The number of piperidine rings is 1. The molecule has 0 aliphatic carbocycles. The van der Waals surface area contributed by atoms with Gasteiger partial charge in [0.1, 0.15) is 0 Å². The Balaban J connectivity index is 1.99. The lowest BCUT2D eigenvalue weighted by atomic mass is 10.1. The molecule has 1 aliphatic heterocycles. The first-order valence-electron chi connectivity index (χ1n) is 6.31. The van der Waals surface area contributed by atoms with E-state index in [1.165, 1.54) is 24.8 Å². The van der Waals surface area contributed by atoms with Crippen LogP contribution in [0.15, 0.2) is 30.3 Å². The van der Waals surface area contributed by atoms with E-state index in [2.05, 4.69) is 40.5 Å². The van der Waals surface area contributed by atoms with Crippen molar-refractivity contribution in [2.24, 2.45) is 0 Å². The smallest absolute Gasteiger partial charge is 0.0800 e. The highest BCUT2D eigenvalue weighted by Gasteiger charge is 2.21. The van der Waals surface area contributed by atoms with Gasteiger partial charge in [0.05, 0.1) is 11.2 Å². The molecule has 1 aromatic carbocycles. The molecule has 1 saturated heterocycles. The van der Waals surface area contributed by atoms with Crippen molar-refractivity contribution < 1.29 is 0 Å². The van der Waals surface area contributed by atoms with Gasteiger partial charge in [-0.25, -0.2) is 0 Å². The molecule has 2 rings (SSSR count). The maximum Gasteiger partial charge on any atom is 0.0800 e. The number of hydrogen-bond donors (Lipinski definition) is 1. The third kappa shape index (κ3) is 3.79. The third-order valence-electron chi connectivity index (χ3n) is 3.21. The summed E-state index contributed by atoms with van der Waals surface area (Å²) in [5, 5.41) is 3.41. The molecule has 0 aromatic heterocycles. The summed E-state index contributed by atoms with van der Waals surface area (Å²) in [6, 6.07) is 10.7. The fourth-order valence-corrected chi connectivity index (χ4v) is 2.53. The number of nitrogens with one attached hydrogen (secondary N) is 1. The van der Waals surface area contributed by atoms with E-state index in [4.69, 9.17) is 12.2 Å². The van der Waals surface area contributed by atoms with Gasteiger partial charge in [0, 0.05) is 13.1 Å². The summed E-state index contributed by atoms with van der Waals surface area (Å²) in [6.07, 6.45) is 4.20. The van der Waals surface area contributed by atoms with E-state index < -0.39 is 0 Å². The largest absolute Gasteiger partial charge is 0.364 e. The predicted octanol–water partition coefficient (Wildman–Crippen LogP) is 2.94. The average molecular weight is 248 g/mol. The highest BCUT2D eigenvalue weighted by atomic mass is 32.1.